The lowest BCUT2D eigenvalue weighted by atomic mass is 9.78. The summed E-state index contributed by atoms with van der Waals surface area (Å²) in [5, 5.41) is 7.70. The van der Waals surface area contributed by atoms with Gasteiger partial charge in [-0.2, -0.15) is 0 Å². The Balaban J connectivity index is 1.02. The van der Waals surface area contributed by atoms with E-state index in [0.717, 1.165) is 38.4 Å². The number of aromatic nitrogens is 2. The summed E-state index contributed by atoms with van der Waals surface area (Å²) >= 11 is 0. The topological polar surface area (TPSA) is 90.2 Å². The number of ether oxygens (including phenoxy) is 3. The first-order valence-electron chi connectivity index (χ1n) is 12.1. The molecule has 2 aromatic carbocycles. The maximum atomic E-state index is 12.7. The minimum Gasteiger partial charge on any atom is -0.493 e. The fourth-order valence-corrected chi connectivity index (χ4v) is 4.94. The van der Waals surface area contributed by atoms with Gasteiger partial charge in [0.1, 0.15) is 6.10 Å². The molecular weight excluding hydrogens is 486 g/mol. The van der Waals surface area contributed by atoms with Gasteiger partial charge in [-0.25, -0.2) is 8.78 Å². The van der Waals surface area contributed by atoms with E-state index in [9.17, 15) is 13.6 Å². The minimum atomic E-state index is -2.56. The van der Waals surface area contributed by atoms with Gasteiger partial charge < -0.3 is 23.5 Å². The first-order chi connectivity index (χ1) is 17.9. The maximum Gasteiger partial charge on any atom is 0.311 e. The molecule has 9 nitrogen and oxygen atoms in total. The van der Waals surface area contributed by atoms with Crippen LogP contribution in [0.3, 0.4) is 0 Å². The quantitative estimate of drug-likeness (QED) is 0.454. The van der Waals surface area contributed by atoms with Gasteiger partial charge in [-0.15, -0.1) is 10.2 Å². The SMILES string of the molecule is COc1cc(CN2CC3(COC3)C2)ccc1OC1CN(C(=O)c2nnc(-c3ccc(C(F)F)cc3)o2)C1. The molecule has 194 valence electrons. The van der Waals surface area contributed by atoms with Crippen LogP contribution in [0.1, 0.15) is 28.2 Å². The average molecular weight is 513 g/mol. The van der Waals surface area contributed by atoms with Crippen molar-refractivity contribution in [1.82, 2.24) is 20.0 Å². The molecule has 1 aromatic heterocycles. The van der Waals surface area contributed by atoms with Crippen LogP contribution < -0.4 is 9.47 Å². The van der Waals surface area contributed by atoms with Crippen LogP contribution in [0.4, 0.5) is 8.78 Å². The van der Waals surface area contributed by atoms with Gasteiger partial charge in [-0.1, -0.05) is 18.2 Å². The first kappa shape index (κ1) is 23.8. The Bertz CT molecular complexity index is 1280. The second-order valence-electron chi connectivity index (χ2n) is 9.91. The van der Waals surface area contributed by atoms with Gasteiger partial charge in [-0.05, 0) is 29.8 Å². The van der Waals surface area contributed by atoms with Crippen LogP contribution in [-0.2, 0) is 11.3 Å². The molecule has 3 fully saturated rings. The van der Waals surface area contributed by atoms with E-state index in [4.69, 9.17) is 18.6 Å². The molecular formula is C26H26F2N4O5. The smallest absolute Gasteiger partial charge is 0.311 e. The summed E-state index contributed by atoms with van der Waals surface area (Å²) in [5.41, 5.74) is 1.89. The minimum absolute atomic E-state index is 0.0942. The Morgan fingerprint density at radius 2 is 1.86 bits per heavy atom. The number of carbonyl (C=O) groups is 1. The highest BCUT2D eigenvalue weighted by Gasteiger charge is 2.48. The Labute approximate surface area is 211 Å². The third-order valence-electron chi connectivity index (χ3n) is 7.02. The summed E-state index contributed by atoms with van der Waals surface area (Å²) in [6.07, 6.45) is -2.75. The molecule has 0 atom stereocenters. The van der Waals surface area contributed by atoms with Crippen molar-refractivity contribution in [3.8, 4) is 23.0 Å². The summed E-state index contributed by atoms with van der Waals surface area (Å²) in [7, 11) is 1.61. The normalized spacial score (nSPS) is 18.9. The van der Waals surface area contributed by atoms with E-state index in [-0.39, 0.29) is 23.4 Å². The third-order valence-corrected chi connectivity index (χ3v) is 7.02. The number of rotatable bonds is 8. The molecule has 0 aliphatic carbocycles. The van der Waals surface area contributed by atoms with Gasteiger partial charge >= 0.3 is 11.8 Å². The molecule has 3 aliphatic heterocycles. The van der Waals surface area contributed by atoms with Gasteiger partial charge in [-0.3, -0.25) is 9.69 Å². The van der Waals surface area contributed by atoms with Gasteiger partial charge in [0, 0.05) is 36.2 Å². The van der Waals surface area contributed by atoms with Crippen molar-refractivity contribution >= 4 is 5.91 Å². The summed E-state index contributed by atoms with van der Waals surface area (Å²) in [6.45, 7) is 5.44. The van der Waals surface area contributed by atoms with Crippen molar-refractivity contribution in [2.75, 3.05) is 46.5 Å². The highest BCUT2D eigenvalue weighted by molar-refractivity contribution is 5.90. The predicted molar refractivity (Wildman–Crippen MR) is 127 cm³/mol. The van der Waals surface area contributed by atoms with E-state index in [0.29, 0.717) is 35.6 Å². The molecule has 6 rings (SSSR count). The molecule has 1 spiro atoms. The molecule has 3 saturated heterocycles. The number of benzene rings is 2. The number of methoxy groups -OCH3 is 1. The van der Waals surface area contributed by atoms with Crippen LogP contribution >= 0.6 is 0 Å². The maximum absolute atomic E-state index is 12.7. The van der Waals surface area contributed by atoms with Crippen LogP contribution in [0.25, 0.3) is 11.5 Å². The Kier molecular flexibility index (Phi) is 6.04. The summed E-state index contributed by atoms with van der Waals surface area (Å²) < 4.78 is 48.0. The number of likely N-dealkylation sites (tertiary alicyclic amines) is 2. The summed E-state index contributed by atoms with van der Waals surface area (Å²) in [5.74, 6) is 0.813. The van der Waals surface area contributed by atoms with E-state index in [1.165, 1.54) is 24.3 Å². The monoisotopic (exact) mass is 512 g/mol. The molecule has 4 heterocycles. The highest BCUT2D eigenvalue weighted by Crippen LogP contribution is 2.39. The van der Waals surface area contributed by atoms with Gasteiger partial charge in [0.2, 0.25) is 5.89 Å². The van der Waals surface area contributed by atoms with Gasteiger partial charge in [0.05, 0.1) is 33.4 Å². The zero-order valence-electron chi connectivity index (χ0n) is 20.2. The molecule has 0 unspecified atom stereocenters. The predicted octanol–water partition coefficient (Wildman–Crippen LogP) is 3.42. The van der Waals surface area contributed by atoms with Crippen molar-refractivity contribution in [1.29, 1.82) is 0 Å². The molecule has 0 saturated carbocycles. The molecule has 0 N–H and O–H groups in total. The zero-order valence-corrected chi connectivity index (χ0v) is 20.2. The average Bonchev–Trinajstić information content (AvgIpc) is 3.32. The Morgan fingerprint density at radius 1 is 1.11 bits per heavy atom. The molecule has 37 heavy (non-hydrogen) atoms. The van der Waals surface area contributed by atoms with Crippen molar-refractivity contribution in [2.24, 2.45) is 5.41 Å². The number of alkyl halides is 2. The van der Waals surface area contributed by atoms with Crippen LogP contribution in [0.2, 0.25) is 0 Å². The van der Waals surface area contributed by atoms with Crippen molar-refractivity contribution < 1.29 is 32.2 Å². The molecule has 11 heteroatoms. The number of carbonyl (C=O) groups excluding carboxylic acids is 1. The third kappa shape index (κ3) is 4.64. The lowest BCUT2D eigenvalue weighted by Crippen LogP contribution is -2.65. The van der Waals surface area contributed by atoms with Gasteiger partial charge in [0.25, 0.3) is 6.43 Å². The number of hydrogen-bond donors (Lipinski definition) is 0. The van der Waals surface area contributed by atoms with E-state index < -0.39 is 12.3 Å². The number of amides is 1. The molecule has 3 aromatic rings. The largest absolute Gasteiger partial charge is 0.493 e. The lowest BCUT2D eigenvalue weighted by Gasteiger charge is -2.55. The first-order valence-corrected chi connectivity index (χ1v) is 12.1. The van der Waals surface area contributed by atoms with Crippen molar-refractivity contribution in [3.05, 3.63) is 59.5 Å². The second kappa shape index (κ2) is 9.38. The van der Waals surface area contributed by atoms with Crippen molar-refractivity contribution in [3.63, 3.8) is 0 Å². The number of halogens is 2. The van der Waals surface area contributed by atoms with E-state index in [1.807, 2.05) is 18.2 Å². The van der Waals surface area contributed by atoms with Crippen molar-refractivity contribution in [2.45, 2.75) is 19.1 Å². The second-order valence-corrected chi connectivity index (χ2v) is 9.91. The van der Waals surface area contributed by atoms with Gasteiger partial charge in [0.15, 0.2) is 11.5 Å². The summed E-state index contributed by atoms with van der Waals surface area (Å²) in [4.78, 5) is 16.7. The van der Waals surface area contributed by atoms with Crippen LogP contribution in [0.15, 0.2) is 46.9 Å². The lowest BCUT2D eigenvalue weighted by molar-refractivity contribution is -0.191. The van der Waals surface area contributed by atoms with Crippen LogP contribution in [-0.4, -0.2) is 78.5 Å². The zero-order chi connectivity index (χ0) is 25.6. The van der Waals surface area contributed by atoms with E-state index in [1.54, 1.807) is 12.0 Å². The van der Waals surface area contributed by atoms with Crippen LogP contribution in [0.5, 0.6) is 11.5 Å². The fourth-order valence-electron chi connectivity index (χ4n) is 4.94. The van der Waals surface area contributed by atoms with Crippen LogP contribution in [0, 0.1) is 5.41 Å². The molecule has 3 aliphatic rings. The standard InChI is InChI=1S/C26H26F2N4O5/c1-34-21-8-16(9-31-12-26(13-31)14-35-15-26)2-7-20(21)36-19-10-32(11-19)25(33)24-30-29-23(37-24)18-5-3-17(4-6-18)22(27)28/h2-8,19,22H,9-15H2,1H3. The number of hydrogen-bond acceptors (Lipinski definition) is 8. The Morgan fingerprint density at radius 3 is 2.51 bits per heavy atom. The molecule has 0 bridgehead atoms. The van der Waals surface area contributed by atoms with E-state index in [2.05, 4.69) is 15.1 Å². The summed E-state index contributed by atoms with van der Waals surface area (Å²) in [6, 6.07) is 11.4. The van der Waals surface area contributed by atoms with E-state index >= 15 is 0 Å². The molecule has 1 amide bonds. The Hall–Kier alpha value is -3.57. The highest BCUT2D eigenvalue weighted by atomic mass is 19.3. The fraction of sp³-hybridized carbons (Fsp3) is 0.423. The number of nitrogens with zero attached hydrogens (tertiary/aromatic N) is 4. The molecule has 0 radical (unpaired) electrons.